The molecule has 3 aromatic carbocycles. The minimum atomic E-state index is -0.116. The second-order valence-electron chi connectivity index (χ2n) is 7.89. The first kappa shape index (κ1) is 18.4. The van der Waals surface area contributed by atoms with Crippen molar-refractivity contribution in [1.29, 1.82) is 0 Å². The molecule has 5 heteroatoms. The summed E-state index contributed by atoms with van der Waals surface area (Å²) < 4.78 is 5.44. The molecular weight excluding hydrogens is 374 g/mol. The van der Waals surface area contributed by atoms with Crippen molar-refractivity contribution in [1.82, 2.24) is 10.1 Å². The lowest BCUT2D eigenvalue weighted by atomic mass is 10.0. The van der Waals surface area contributed by atoms with Crippen LogP contribution in [0.15, 0.2) is 53.1 Å². The number of amides is 1. The lowest BCUT2D eigenvalue weighted by Crippen LogP contribution is -2.14. The maximum Gasteiger partial charge on any atom is 0.230 e. The zero-order valence-electron chi connectivity index (χ0n) is 17.3. The van der Waals surface area contributed by atoms with Crippen molar-refractivity contribution >= 4 is 44.4 Å². The third-order valence-corrected chi connectivity index (χ3v) is 5.70. The van der Waals surface area contributed by atoms with Gasteiger partial charge in [0, 0.05) is 32.9 Å². The van der Waals surface area contributed by atoms with Crippen LogP contribution in [0.3, 0.4) is 0 Å². The highest BCUT2D eigenvalue weighted by atomic mass is 16.5. The Labute approximate surface area is 174 Å². The molecule has 0 spiro atoms. The lowest BCUT2D eigenvalue weighted by molar-refractivity contribution is -0.115. The second-order valence-corrected chi connectivity index (χ2v) is 7.89. The van der Waals surface area contributed by atoms with Crippen molar-refractivity contribution in [3.8, 4) is 0 Å². The molecule has 5 nitrogen and oxygen atoms in total. The van der Waals surface area contributed by atoms with Crippen molar-refractivity contribution in [2.75, 3.05) is 5.32 Å². The second kappa shape index (κ2) is 7.02. The summed E-state index contributed by atoms with van der Waals surface area (Å²) in [5, 5.41) is 10.4. The van der Waals surface area contributed by atoms with Gasteiger partial charge in [-0.15, -0.1) is 0 Å². The smallest absolute Gasteiger partial charge is 0.230 e. The number of anilines is 1. The van der Waals surface area contributed by atoms with Crippen LogP contribution in [0.5, 0.6) is 0 Å². The molecule has 0 aliphatic carbocycles. The van der Waals surface area contributed by atoms with E-state index in [2.05, 4.69) is 52.7 Å². The molecule has 0 aliphatic rings. The Morgan fingerprint density at radius 1 is 1.10 bits per heavy atom. The standard InChI is InChI=1S/C25H23N3O2/c1-4-16-6-5-7-19-18-9-8-17(12-20(18)27-25(16)19)26-23(29)13-21-24-15(3)10-14(2)11-22(24)30-28-21/h5-12,27H,4,13H2,1-3H3,(H,26,29). The van der Waals surface area contributed by atoms with E-state index < -0.39 is 0 Å². The van der Waals surface area contributed by atoms with Gasteiger partial charge in [0.05, 0.1) is 6.42 Å². The van der Waals surface area contributed by atoms with Gasteiger partial charge in [-0.3, -0.25) is 4.79 Å². The summed E-state index contributed by atoms with van der Waals surface area (Å²) in [6.45, 7) is 6.19. The predicted octanol–water partition coefficient (Wildman–Crippen LogP) is 5.82. The molecule has 2 aromatic heterocycles. The molecule has 0 atom stereocenters. The number of H-pyrrole nitrogens is 1. The Kier molecular flexibility index (Phi) is 4.31. The average molecular weight is 397 g/mol. The first-order chi connectivity index (χ1) is 14.5. The van der Waals surface area contributed by atoms with Gasteiger partial charge in [-0.1, -0.05) is 42.4 Å². The number of nitrogens with one attached hydrogen (secondary N) is 2. The number of carbonyl (C=O) groups is 1. The largest absolute Gasteiger partial charge is 0.356 e. The first-order valence-electron chi connectivity index (χ1n) is 10.2. The van der Waals surface area contributed by atoms with Gasteiger partial charge in [0.15, 0.2) is 5.58 Å². The van der Waals surface area contributed by atoms with Crippen molar-refractivity contribution in [3.63, 3.8) is 0 Å². The molecular formula is C25H23N3O2. The minimum Gasteiger partial charge on any atom is -0.356 e. The fourth-order valence-corrected chi connectivity index (χ4v) is 4.36. The van der Waals surface area contributed by atoms with Crippen LogP contribution in [0.25, 0.3) is 32.8 Å². The Morgan fingerprint density at radius 3 is 2.80 bits per heavy atom. The van der Waals surface area contributed by atoms with Gasteiger partial charge < -0.3 is 14.8 Å². The fourth-order valence-electron chi connectivity index (χ4n) is 4.36. The predicted molar refractivity (Wildman–Crippen MR) is 121 cm³/mol. The van der Waals surface area contributed by atoms with Crippen LogP contribution in [0.4, 0.5) is 5.69 Å². The van der Waals surface area contributed by atoms with E-state index in [0.29, 0.717) is 5.69 Å². The number of aromatic amines is 1. The third kappa shape index (κ3) is 3.03. The molecule has 5 aromatic rings. The van der Waals surface area contributed by atoms with E-state index in [4.69, 9.17) is 4.52 Å². The molecule has 30 heavy (non-hydrogen) atoms. The van der Waals surface area contributed by atoms with E-state index in [-0.39, 0.29) is 12.3 Å². The van der Waals surface area contributed by atoms with Crippen LogP contribution in [-0.2, 0) is 17.6 Å². The molecule has 0 bridgehead atoms. The SMILES string of the molecule is CCc1cccc2c1[nH]c1cc(NC(=O)Cc3noc4cc(C)cc(C)c34)ccc12. The summed E-state index contributed by atoms with van der Waals surface area (Å²) in [5.41, 5.74) is 7.81. The summed E-state index contributed by atoms with van der Waals surface area (Å²) >= 11 is 0. The van der Waals surface area contributed by atoms with Gasteiger partial charge in [-0.05, 0) is 55.2 Å². The zero-order chi connectivity index (χ0) is 20.8. The number of hydrogen-bond acceptors (Lipinski definition) is 3. The Hall–Kier alpha value is -3.60. The molecule has 5 rings (SSSR count). The number of fused-ring (bicyclic) bond motifs is 4. The van der Waals surface area contributed by atoms with Gasteiger partial charge >= 0.3 is 0 Å². The van der Waals surface area contributed by atoms with E-state index in [9.17, 15) is 4.79 Å². The summed E-state index contributed by atoms with van der Waals surface area (Å²) in [6, 6.07) is 16.4. The van der Waals surface area contributed by atoms with Gasteiger partial charge in [-0.25, -0.2) is 0 Å². The number of benzene rings is 3. The van der Waals surface area contributed by atoms with Crippen LogP contribution < -0.4 is 5.32 Å². The van der Waals surface area contributed by atoms with Crippen LogP contribution in [0, 0.1) is 13.8 Å². The number of nitrogens with zero attached hydrogens (tertiary/aromatic N) is 1. The molecule has 150 valence electrons. The van der Waals surface area contributed by atoms with Crippen molar-refractivity contribution < 1.29 is 9.32 Å². The number of rotatable bonds is 4. The fraction of sp³-hybridized carbons (Fsp3) is 0.200. The van der Waals surface area contributed by atoms with E-state index >= 15 is 0 Å². The van der Waals surface area contributed by atoms with Crippen molar-refractivity contribution in [2.24, 2.45) is 0 Å². The zero-order valence-corrected chi connectivity index (χ0v) is 17.3. The summed E-state index contributed by atoms with van der Waals surface area (Å²) in [4.78, 5) is 16.2. The molecule has 0 radical (unpaired) electrons. The number of aryl methyl sites for hydroxylation is 3. The number of carbonyl (C=O) groups excluding carboxylic acids is 1. The van der Waals surface area contributed by atoms with Crippen LogP contribution in [0.1, 0.15) is 29.3 Å². The molecule has 2 heterocycles. The van der Waals surface area contributed by atoms with Gasteiger partial charge in [0.25, 0.3) is 0 Å². The Bertz CT molecular complexity index is 1430. The van der Waals surface area contributed by atoms with E-state index in [1.165, 1.54) is 16.5 Å². The quantitative estimate of drug-likeness (QED) is 0.401. The molecule has 0 saturated carbocycles. The van der Waals surface area contributed by atoms with Crippen LogP contribution >= 0.6 is 0 Å². The normalized spacial score (nSPS) is 11.6. The number of para-hydroxylation sites is 1. The monoisotopic (exact) mass is 397 g/mol. The topological polar surface area (TPSA) is 70.9 Å². The average Bonchev–Trinajstić information content (AvgIpc) is 3.28. The first-order valence-corrected chi connectivity index (χ1v) is 10.2. The van der Waals surface area contributed by atoms with Crippen molar-refractivity contribution in [2.45, 2.75) is 33.6 Å². The van der Waals surface area contributed by atoms with Crippen LogP contribution in [0.2, 0.25) is 0 Å². The minimum absolute atomic E-state index is 0.116. The highest BCUT2D eigenvalue weighted by molar-refractivity contribution is 6.09. The molecule has 0 aliphatic heterocycles. The third-order valence-electron chi connectivity index (χ3n) is 5.70. The maximum absolute atomic E-state index is 12.7. The molecule has 0 saturated heterocycles. The Balaban J connectivity index is 1.43. The van der Waals surface area contributed by atoms with E-state index in [1.807, 2.05) is 32.0 Å². The lowest BCUT2D eigenvalue weighted by Gasteiger charge is -2.05. The summed E-state index contributed by atoms with van der Waals surface area (Å²) in [6.07, 6.45) is 1.14. The van der Waals surface area contributed by atoms with Gasteiger partial charge in [0.2, 0.25) is 5.91 Å². The molecule has 0 fully saturated rings. The summed E-state index contributed by atoms with van der Waals surface area (Å²) in [5.74, 6) is -0.116. The van der Waals surface area contributed by atoms with Gasteiger partial charge in [-0.2, -0.15) is 0 Å². The van der Waals surface area contributed by atoms with E-state index in [1.54, 1.807) is 0 Å². The molecule has 2 N–H and O–H groups in total. The Morgan fingerprint density at radius 2 is 1.97 bits per heavy atom. The highest BCUT2D eigenvalue weighted by Gasteiger charge is 2.15. The number of hydrogen-bond donors (Lipinski definition) is 2. The summed E-state index contributed by atoms with van der Waals surface area (Å²) in [7, 11) is 0. The molecule has 0 unspecified atom stereocenters. The van der Waals surface area contributed by atoms with E-state index in [0.717, 1.165) is 45.1 Å². The van der Waals surface area contributed by atoms with Crippen molar-refractivity contribution in [3.05, 3.63) is 70.9 Å². The van der Waals surface area contributed by atoms with Gasteiger partial charge in [0.1, 0.15) is 5.69 Å². The highest BCUT2D eigenvalue weighted by Crippen LogP contribution is 2.30. The van der Waals surface area contributed by atoms with Crippen LogP contribution in [-0.4, -0.2) is 16.0 Å². The molecule has 1 amide bonds. The number of aromatic nitrogens is 2. The maximum atomic E-state index is 12.7.